The van der Waals surface area contributed by atoms with Crippen LogP contribution < -0.4 is 0 Å². The molecular formula is C9H18NO5+. The number of hydrogen-bond acceptors (Lipinski definition) is 4. The number of carbonyl (C=O) groups is 2. The van der Waals surface area contributed by atoms with Gasteiger partial charge in [0.2, 0.25) is 0 Å². The number of carboxylic acids is 1. The van der Waals surface area contributed by atoms with Crippen molar-refractivity contribution in [1.29, 1.82) is 0 Å². The predicted octanol–water partition coefficient (Wildman–Crippen LogP) is 0.0322. The first-order valence-electron chi connectivity index (χ1n) is 4.66. The number of rotatable bonds is 7. The van der Waals surface area contributed by atoms with Crippen LogP contribution in [-0.2, 0) is 19.4 Å². The molecule has 6 heteroatoms. The highest BCUT2D eigenvalue weighted by atomic mass is 17.2. The Bertz CT molecular complexity index is 221. The molecule has 0 aliphatic rings. The maximum absolute atomic E-state index is 10.9. The summed E-state index contributed by atoms with van der Waals surface area (Å²) < 4.78 is 0.701. The van der Waals surface area contributed by atoms with Crippen LogP contribution in [0.4, 0.5) is 0 Å². The molecule has 0 amide bonds. The van der Waals surface area contributed by atoms with Gasteiger partial charge in [-0.05, 0) is 0 Å². The van der Waals surface area contributed by atoms with Crippen LogP contribution >= 0.6 is 0 Å². The molecule has 15 heavy (non-hydrogen) atoms. The van der Waals surface area contributed by atoms with Crippen molar-refractivity contribution >= 4 is 11.9 Å². The van der Waals surface area contributed by atoms with Gasteiger partial charge in [0.1, 0.15) is 13.2 Å². The molecular weight excluding hydrogens is 202 g/mol. The molecule has 0 aliphatic carbocycles. The molecule has 0 unspecified atom stereocenters. The molecule has 0 aromatic heterocycles. The van der Waals surface area contributed by atoms with E-state index in [9.17, 15) is 9.59 Å². The third kappa shape index (κ3) is 10.8. The molecule has 0 spiro atoms. The molecule has 0 heterocycles. The molecule has 0 aromatic rings. The molecule has 0 radical (unpaired) electrons. The van der Waals surface area contributed by atoms with Crippen molar-refractivity contribution in [3.63, 3.8) is 0 Å². The zero-order valence-electron chi connectivity index (χ0n) is 9.36. The van der Waals surface area contributed by atoms with Crippen LogP contribution in [0.2, 0.25) is 0 Å². The second-order valence-electron chi connectivity index (χ2n) is 4.18. The summed E-state index contributed by atoms with van der Waals surface area (Å²) in [6, 6.07) is 0. The lowest BCUT2D eigenvalue weighted by molar-refractivity contribution is -0.871. The van der Waals surface area contributed by atoms with Gasteiger partial charge in [-0.15, -0.1) is 0 Å². The number of likely N-dealkylation sites (N-methyl/N-ethyl adjacent to an activating group) is 1. The summed E-state index contributed by atoms with van der Waals surface area (Å²) >= 11 is 0. The van der Waals surface area contributed by atoms with Gasteiger partial charge in [0.05, 0.1) is 34.0 Å². The molecule has 0 atom stereocenters. The molecule has 0 fully saturated rings. The van der Waals surface area contributed by atoms with Crippen molar-refractivity contribution in [1.82, 2.24) is 0 Å². The fourth-order valence-electron chi connectivity index (χ4n) is 0.669. The molecule has 0 aliphatic heterocycles. The van der Waals surface area contributed by atoms with E-state index in [1.807, 2.05) is 21.1 Å². The van der Waals surface area contributed by atoms with E-state index in [0.29, 0.717) is 17.6 Å². The van der Waals surface area contributed by atoms with Crippen LogP contribution in [0.1, 0.15) is 12.8 Å². The van der Waals surface area contributed by atoms with E-state index in [-0.39, 0.29) is 12.8 Å². The van der Waals surface area contributed by atoms with Crippen LogP contribution in [0.15, 0.2) is 0 Å². The number of carboxylic acid groups (broad SMARTS) is 1. The maximum atomic E-state index is 10.9. The van der Waals surface area contributed by atoms with Gasteiger partial charge in [0.25, 0.3) is 0 Å². The van der Waals surface area contributed by atoms with Crippen molar-refractivity contribution in [2.75, 3.05) is 34.3 Å². The van der Waals surface area contributed by atoms with E-state index < -0.39 is 11.9 Å². The van der Waals surface area contributed by atoms with Gasteiger partial charge in [-0.3, -0.25) is 9.68 Å². The van der Waals surface area contributed by atoms with E-state index >= 15 is 0 Å². The van der Waals surface area contributed by atoms with E-state index in [1.165, 1.54) is 0 Å². The van der Waals surface area contributed by atoms with Gasteiger partial charge < -0.3 is 9.59 Å². The fourth-order valence-corrected chi connectivity index (χ4v) is 0.669. The summed E-state index contributed by atoms with van der Waals surface area (Å²) in [5.74, 6) is -1.68. The largest absolute Gasteiger partial charge is 0.481 e. The minimum absolute atomic E-state index is 0.167. The average Bonchev–Trinajstić information content (AvgIpc) is 2.07. The summed E-state index contributed by atoms with van der Waals surface area (Å²) in [4.78, 5) is 30.0. The summed E-state index contributed by atoms with van der Waals surface area (Å²) in [6.07, 6.45) is -0.406. The van der Waals surface area contributed by atoms with Gasteiger partial charge in [0, 0.05) is 0 Å². The lowest BCUT2D eigenvalue weighted by Gasteiger charge is -2.22. The fraction of sp³-hybridized carbons (Fsp3) is 0.778. The summed E-state index contributed by atoms with van der Waals surface area (Å²) in [7, 11) is 5.95. The Morgan fingerprint density at radius 1 is 1.20 bits per heavy atom. The third-order valence-electron chi connectivity index (χ3n) is 1.54. The van der Waals surface area contributed by atoms with E-state index in [1.54, 1.807) is 0 Å². The molecule has 88 valence electrons. The van der Waals surface area contributed by atoms with Crippen LogP contribution in [0.3, 0.4) is 0 Å². The highest BCUT2D eigenvalue weighted by molar-refractivity contribution is 5.76. The highest BCUT2D eigenvalue weighted by Crippen LogP contribution is 1.95. The Labute approximate surface area is 88.9 Å². The highest BCUT2D eigenvalue weighted by Gasteiger charge is 2.10. The Kier molecular flexibility index (Phi) is 5.88. The maximum Gasteiger partial charge on any atom is 0.342 e. The first-order chi connectivity index (χ1) is 6.81. The minimum atomic E-state index is -1.03. The molecule has 0 saturated carbocycles. The molecule has 6 nitrogen and oxygen atoms in total. The van der Waals surface area contributed by atoms with Gasteiger partial charge >= 0.3 is 11.9 Å². The minimum Gasteiger partial charge on any atom is -0.481 e. The van der Waals surface area contributed by atoms with Crippen LogP contribution in [0.25, 0.3) is 0 Å². The van der Waals surface area contributed by atoms with E-state index in [4.69, 9.17) is 5.11 Å². The SMILES string of the molecule is C[N+](C)(C)CCOOC(=O)CCC(=O)O. The first kappa shape index (κ1) is 13.9. The Morgan fingerprint density at radius 3 is 2.27 bits per heavy atom. The smallest absolute Gasteiger partial charge is 0.342 e. The van der Waals surface area contributed by atoms with Gasteiger partial charge in [-0.2, -0.15) is 4.89 Å². The van der Waals surface area contributed by atoms with E-state index in [2.05, 4.69) is 9.78 Å². The third-order valence-corrected chi connectivity index (χ3v) is 1.54. The standard InChI is InChI=1S/C9H17NO5/c1-10(2,3)6-7-14-15-9(13)5-4-8(11)12/h4-7H2,1-3H3/p+1. The zero-order valence-corrected chi connectivity index (χ0v) is 9.36. The van der Waals surface area contributed by atoms with Crippen LogP contribution in [-0.4, -0.2) is 55.8 Å². The van der Waals surface area contributed by atoms with Crippen LogP contribution in [0.5, 0.6) is 0 Å². The van der Waals surface area contributed by atoms with E-state index in [0.717, 1.165) is 0 Å². The normalized spacial score (nSPS) is 11.1. The Morgan fingerprint density at radius 2 is 1.80 bits per heavy atom. The quantitative estimate of drug-likeness (QED) is 0.284. The van der Waals surface area contributed by atoms with Crippen molar-refractivity contribution < 1.29 is 29.0 Å². The van der Waals surface area contributed by atoms with Gasteiger partial charge in [0.15, 0.2) is 0 Å². The molecule has 0 rings (SSSR count). The Hall–Kier alpha value is -1.14. The number of carbonyl (C=O) groups excluding carboxylic acids is 1. The monoisotopic (exact) mass is 220 g/mol. The Balaban J connectivity index is 3.44. The topological polar surface area (TPSA) is 72.8 Å². The van der Waals surface area contributed by atoms with Crippen molar-refractivity contribution in [2.24, 2.45) is 0 Å². The molecule has 0 bridgehead atoms. The summed E-state index contributed by atoms with van der Waals surface area (Å²) in [5, 5.41) is 8.29. The molecule has 1 N–H and O–H groups in total. The summed E-state index contributed by atoms with van der Waals surface area (Å²) in [6.45, 7) is 0.995. The lowest BCUT2D eigenvalue weighted by Crippen LogP contribution is -2.37. The number of nitrogens with zero attached hydrogens (tertiary/aromatic N) is 1. The molecule has 0 saturated heterocycles. The lowest BCUT2D eigenvalue weighted by atomic mass is 10.3. The first-order valence-corrected chi connectivity index (χ1v) is 4.66. The number of aliphatic carboxylic acids is 1. The zero-order chi connectivity index (χ0) is 11.9. The average molecular weight is 220 g/mol. The van der Waals surface area contributed by atoms with Crippen molar-refractivity contribution in [2.45, 2.75) is 12.8 Å². The second kappa shape index (κ2) is 6.36. The van der Waals surface area contributed by atoms with Crippen molar-refractivity contribution in [3.05, 3.63) is 0 Å². The summed E-state index contributed by atoms with van der Waals surface area (Å²) in [5.41, 5.74) is 0. The second-order valence-corrected chi connectivity index (χ2v) is 4.18. The predicted molar refractivity (Wildman–Crippen MR) is 51.8 cm³/mol. The number of quaternary nitrogens is 1. The van der Waals surface area contributed by atoms with Gasteiger partial charge in [-0.25, -0.2) is 4.79 Å². The molecule has 0 aromatic carbocycles. The van der Waals surface area contributed by atoms with Gasteiger partial charge in [-0.1, -0.05) is 0 Å². The van der Waals surface area contributed by atoms with Crippen molar-refractivity contribution in [3.8, 4) is 0 Å². The van der Waals surface area contributed by atoms with Crippen LogP contribution in [0, 0.1) is 0 Å². The number of hydrogen-bond donors (Lipinski definition) is 1.